The maximum Gasteiger partial charge on any atom is 0.225 e. The van der Waals surface area contributed by atoms with E-state index in [9.17, 15) is 0 Å². The number of nitrogens with zero attached hydrogens (tertiary/aromatic N) is 3. The Hall–Kier alpha value is -2.07. The molecule has 1 rings (SSSR count). The number of terminal acetylenes is 1. The highest BCUT2D eigenvalue weighted by Crippen LogP contribution is 2.06. The van der Waals surface area contributed by atoms with E-state index in [4.69, 9.17) is 11.7 Å². The topological polar surface area (TPSA) is 61.6 Å². The summed E-state index contributed by atoms with van der Waals surface area (Å²) in [5, 5.41) is 11.7. The number of aryl methyl sites for hydroxylation is 1. The minimum Gasteiger partial charge on any atom is -0.341 e. The molecular formula is C11H12N4. The summed E-state index contributed by atoms with van der Waals surface area (Å²) in [5.41, 5.74) is 1.09. The third-order valence-electron chi connectivity index (χ3n) is 1.88. The average molecular weight is 200 g/mol. The van der Waals surface area contributed by atoms with E-state index < -0.39 is 0 Å². The Morgan fingerprint density at radius 2 is 2.33 bits per heavy atom. The number of nitrogens with one attached hydrogen (secondary N) is 1. The van der Waals surface area contributed by atoms with Crippen LogP contribution in [0.3, 0.4) is 0 Å². The maximum atomic E-state index is 8.73. The lowest BCUT2D eigenvalue weighted by Gasteiger charge is -2.10. The lowest BCUT2D eigenvalue weighted by Crippen LogP contribution is -2.18. The fraction of sp³-hybridized carbons (Fsp3) is 0.364. The SMILES string of the molecule is C#CC(CC)Nc1nc(C)cc(C#N)n1. The molecule has 0 saturated heterocycles. The second-order valence-corrected chi connectivity index (χ2v) is 3.10. The van der Waals surface area contributed by atoms with Crippen LogP contribution in [0.4, 0.5) is 5.95 Å². The Morgan fingerprint density at radius 1 is 1.60 bits per heavy atom. The van der Waals surface area contributed by atoms with Gasteiger partial charge in [0, 0.05) is 5.69 Å². The molecule has 1 aromatic rings. The van der Waals surface area contributed by atoms with Crippen LogP contribution < -0.4 is 5.32 Å². The number of aromatic nitrogens is 2. The molecule has 15 heavy (non-hydrogen) atoms. The molecule has 1 atom stereocenters. The van der Waals surface area contributed by atoms with E-state index in [-0.39, 0.29) is 6.04 Å². The normalized spacial score (nSPS) is 11.2. The number of anilines is 1. The van der Waals surface area contributed by atoms with Gasteiger partial charge >= 0.3 is 0 Å². The highest BCUT2D eigenvalue weighted by molar-refractivity contribution is 5.35. The van der Waals surface area contributed by atoms with Crippen molar-refractivity contribution in [1.82, 2.24) is 9.97 Å². The van der Waals surface area contributed by atoms with E-state index in [1.165, 1.54) is 0 Å². The molecule has 0 radical (unpaired) electrons. The van der Waals surface area contributed by atoms with Crippen molar-refractivity contribution in [3.05, 3.63) is 17.5 Å². The second kappa shape index (κ2) is 4.97. The molecule has 0 fully saturated rings. The van der Waals surface area contributed by atoms with Gasteiger partial charge in [-0.1, -0.05) is 12.8 Å². The van der Waals surface area contributed by atoms with Crippen LogP contribution in [0.5, 0.6) is 0 Å². The lowest BCUT2D eigenvalue weighted by molar-refractivity contribution is 0.837. The summed E-state index contributed by atoms with van der Waals surface area (Å²) in [6, 6.07) is 3.50. The number of hydrogen-bond donors (Lipinski definition) is 1. The molecule has 0 amide bonds. The van der Waals surface area contributed by atoms with E-state index in [0.717, 1.165) is 12.1 Å². The molecule has 1 N–H and O–H groups in total. The van der Waals surface area contributed by atoms with Gasteiger partial charge in [-0.05, 0) is 19.4 Å². The van der Waals surface area contributed by atoms with Crippen LogP contribution in [0.15, 0.2) is 6.07 Å². The molecule has 4 heteroatoms. The third-order valence-corrected chi connectivity index (χ3v) is 1.88. The number of rotatable bonds is 3. The van der Waals surface area contributed by atoms with Gasteiger partial charge in [-0.25, -0.2) is 9.97 Å². The van der Waals surface area contributed by atoms with Crippen LogP contribution in [0, 0.1) is 30.6 Å². The van der Waals surface area contributed by atoms with Crippen molar-refractivity contribution in [3.8, 4) is 18.4 Å². The van der Waals surface area contributed by atoms with E-state index >= 15 is 0 Å². The van der Waals surface area contributed by atoms with Crippen molar-refractivity contribution in [2.24, 2.45) is 0 Å². The van der Waals surface area contributed by atoms with Crippen LogP contribution in [0.1, 0.15) is 24.7 Å². The van der Waals surface area contributed by atoms with E-state index in [1.807, 2.05) is 19.9 Å². The third kappa shape index (κ3) is 2.96. The van der Waals surface area contributed by atoms with Gasteiger partial charge in [0.2, 0.25) is 5.95 Å². The predicted molar refractivity (Wildman–Crippen MR) is 58.0 cm³/mol. The molecule has 76 valence electrons. The molecule has 1 unspecified atom stereocenters. The average Bonchev–Trinajstić information content (AvgIpc) is 2.25. The van der Waals surface area contributed by atoms with Gasteiger partial charge in [0.1, 0.15) is 11.8 Å². The maximum absolute atomic E-state index is 8.73. The summed E-state index contributed by atoms with van der Waals surface area (Å²) in [4.78, 5) is 8.16. The van der Waals surface area contributed by atoms with Gasteiger partial charge < -0.3 is 5.32 Å². The Kier molecular flexibility index (Phi) is 3.65. The van der Waals surface area contributed by atoms with Crippen LogP contribution in [-0.4, -0.2) is 16.0 Å². The highest BCUT2D eigenvalue weighted by atomic mass is 15.1. The lowest BCUT2D eigenvalue weighted by atomic mass is 10.2. The van der Waals surface area contributed by atoms with E-state index in [1.54, 1.807) is 6.07 Å². The van der Waals surface area contributed by atoms with Gasteiger partial charge in [0.05, 0.1) is 6.04 Å². The fourth-order valence-corrected chi connectivity index (χ4v) is 1.11. The Bertz CT molecular complexity index is 425. The molecule has 0 aliphatic carbocycles. The summed E-state index contributed by atoms with van der Waals surface area (Å²) >= 11 is 0. The van der Waals surface area contributed by atoms with Gasteiger partial charge in [-0.3, -0.25) is 0 Å². The minimum absolute atomic E-state index is 0.0988. The first-order chi connectivity index (χ1) is 7.19. The summed E-state index contributed by atoms with van der Waals surface area (Å²) < 4.78 is 0. The Balaban J connectivity index is 2.92. The highest BCUT2D eigenvalue weighted by Gasteiger charge is 2.05. The van der Waals surface area contributed by atoms with E-state index in [2.05, 4.69) is 21.2 Å². The first-order valence-electron chi connectivity index (χ1n) is 4.68. The minimum atomic E-state index is -0.0988. The molecule has 1 heterocycles. The van der Waals surface area contributed by atoms with Crippen LogP contribution >= 0.6 is 0 Å². The fourth-order valence-electron chi connectivity index (χ4n) is 1.11. The molecule has 1 aromatic heterocycles. The summed E-state index contributed by atoms with van der Waals surface area (Å²) in [7, 11) is 0. The first-order valence-corrected chi connectivity index (χ1v) is 4.68. The summed E-state index contributed by atoms with van der Waals surface area (Å²) in [6.45, 7) is 3.78. The zero-order valence-electron chi connectivity index (χ0n) is 8.78. The zero-order chi connectivity index (χ0) is 11.3. The van der Waals surface area contributed by atoms with Crippen molar-refractivity contribution in [1.29, 1.82) is 5.26 Å². The molecular weight excluding hydrogens is 188 g/mol. The largest absolute Gasteiger partial charge is 0.341 e. The predicted octanol–water partition coefficient (Wildman–Crippen LogP) is 1.48. The Morgan fingerprint density at radius 3 is 2.87 bits per heavy atom. The van der Waals surface area contributed by atoms with Gasteiger partial charge in [-0.15, -0.1) is 6.42 Å². The standard InChI is InChI=1S/C11H12N4/c1-4-9(5-2)14-11-13-8(3)6-10(7-12)15-11/h1,6,9H,5H2,2-3H3,(H,13,14,15). The molecule has 0 aliphatic rings. The zero-order valence-corrected chi connectivity index (χ0v) is 8.78. The monoisotopic (exact) mass is 200 g/mol. The van der Waals surface area contributed by atoms with Crippen LogP contribution in [0.25, 0.3) is 0 Å². The molecule has 0 aromatic carbocycles. The van der Waals surface area contributed by atoms with Gasteiger partial charge in [-0.2, -0.15) is 5.26 Å². The van der Waals surface area contributed by atoms with E-state index in [0.29, 0.717) is 11.6 Å². The van der Waals surface area contributed by atoms with Crippen molar-refractivity contribution < 1.29 is 0 Å². The van der Waals surface area contributed by atoms with Crippen molar-refractivity contribution in [2.45, 2.75) is 26.3 Å². The molecule has 0 spiro atoms. The van der Waals surface area contributed by atoms with Crippen LogP contribution in [-0.2, 0) is 0 Å². The quantitative estimate of drug-likeness (QED) is 0.751. The van der Waals surface area contributed by atoms with Crippen molar-refractivity contribution in [3.63, 3.8) is 0 Å². The van der Waals surface area contributed by atoms with Gasteiger partial charge in [0.25, 0.3) is 0 Å². The summed E-state index contributed by atoms with van der Waals surface area (Å²) in [6.07, 6.45) is 6.09. The van der Waals surface area contributed by atoms with Crippen LogP contribution in [0.2, 0.25) is 0 Å². The van der Waals surface area contributed by atoms with Gasteiger partial charge in [0.15, 0.2) is 0 Å². The first kappa shape index (κ1) is 11.0. The Labute approximate surface area is 89.4 Å². The molecule has 0 aliphatic heterocycles. The van der Waals surface area contributed by atoms with Crippen molar-refractivity contribution in [2.75, 3.05) is 5.32 Å². The molecule has 4 nitrogen and oxygen atoms in total. The number of hydrogen-bond acceptors (Lipinski definition) is 4. The van der Waals surface area contributed by atoms with Crippen molar-refractivity contribution >= 4 is 5.95 Å². The second-order valence-electron chi connectivity index (χ2n) is 3.10. The molecule has 0 bridgehead atoms. The summed E-state index contributed by atoms with van der Waals surface area (Å²) in [5.74, 6) is 3.00. The molecule has 0 saturated carbocycles. The number of nitriles is 1. The smallest absolute Gasteiger partial charge is 0.225 e.